The maximum atomic E-state index is 5.93. The van der Waals surface area contributed by atoms with Crippen LogP contribution in [-0.4, -0.2) is 9.97 Å². The van der Waals surface area contributed by atoms with Gasteiger partial charge in [-0.2, -0.15) is 4.98 Å². The smallest absolute Gasteiger partial charge is 0.224 e. The summed E-state index contributed by atoms with van der Waals surface area (Å²) in [6, 6.07) is 6.63. The van der Waals surface area contributed by atoms with Crippen LogP contribution < -0.4 is 10.5 Å². The normalized spacial score (nSPS) is 14.4. The maximum Gasteiger partial charge on any atom is 0.224 e. The first-order valence-corrected chi connectivity index (χ1v) is 6.65. The Bertz CT molecular complexity index is 629. The molecule has 0 unspecified atom stereocenters. The Kier molecular flexibility index (Phi) is 3.21. The molecule has 19 heavy (non-hydrogen) atoms. The number of hydrogen-bond donors (Lipinski definition) is 1. The van der Waals surface area contributed by atoms with Crippen molar-refractivity contribution in [2.75, 3.05) is 5.73 Å². The van der Waals surface area contributed by atoms with Crippen molar-refractivity contribution >= 4 is 29.0 Å². The Labute approximate surface area is 120 Å². The molecule has 1 saturated carbocycles. The van der Waals surface area contributed by atoms with Crippen LogP contribution in [-0.2, 0) is 0 Å². The quantitative estimate of drug-likeness (QED) is 0.928. The molecule has 3 rings (SSSR count). The van der Waals surface area contributed by atoms with E-state index in [0.717, 1.165) is 18.7 Å². The largest absolute Gasteiger partial charge is 0.439 e. The third-order valence-electron chi connectivity index (χ3n) is 2.80. The minimum atomic E-state index is 0.409. The zero-order valence-corrected chi connectivity index (χ0v) is 11.4. The summed E-state index contributed by atoms with van der Waals surface area (Å²) in [6.45, 7) is 0. The summed E-state index contributed by atoms with van der Waals surface area (Å²) >= 11 is 11.8. The molecule has 1 aliphatic carbocycles. The van der Waals surface area contributed by atoms with Crippen molar-refractivity contribution < 1.29 is 4.74 Å². The molecular formula is C13H11Cl2N3O. The van der Waals surface area contributed by atoms with Crippen molar-refractivity contribution in [2.45, 2.75) is 18.8 Å². The number of halogens is 2. The molecule has 1 heterocycles. The van der Waals surface area contributed by atoms with Crippen LogP contribution >= 0.6 is 23.2 Å². The molecule has 4 nitrogen and oxygen atoms in total. The lowest BCUT2D eigenvalue weighted by atomic mass is 10.3. The highest BCUT2D eigenvalue weighted by molar-refractivity contribution is 6.42. The fourth-order valence-electron chi connectivity index (χ4n) is 1.70. The minimum absolute atomic E-state index is 0.409. The van der Waals surface area contributed by atoms with Gasteiger partial charge in [-0.1, -0.05) is 23.2 Å². The molecule has 0 saturated heterocycles. The highest BCUT2D eigenvalue weighted by Crippen LogP contribution is 2.39. The third-order valence-corrected chi connectivity index (χ3v) is 3.53. The van der Waals surface area contributed by atoms with Crippen LogP contribution in [0.2, 0.25) is 10.0 Å². The van der Waals surface area contributed by atoms with Gasteiger partial charge >= 0.3 is 0 Å². The molecule has 0 amide bonds. The molecule has 0 radical (unpaired) electrons. The number of anilines is 1. The molecule has 0 bridgehead atoms. The van der Waals surface area contributed by atoms with E-state index in [-0.39, 0.29) is 0 Å². The number of ether oxygens (including phenoxy) is 1. The van der Waals surface area contributed by atoms with Gasteiger partial charge in [0.25, 0.3) is 0 Å². The lowest BCUT2D eigenvalue weighted by Gasteiger charge is -2.08. The summed E-state index contributed by atoms with van der Waals surface area (Å²) in [5, 5.41) is 0.915. The summed E-state index contributed by atoms with van der Waals surface area (Å²) in [6.07, 6.45) is 2.21. The lowest BCUT2D eigenvalue weighted by molar-refractivity contribution is 0.459. The average Bonchev–Trinajstić information content (AvgIpc) is 3.17. The predicted octanol–water partition coefficient (Wildman–Crippen LogP) is 4.04. The van der Waals surface area contributed by atoms with Crippen LogP contribution in [0.25, 0.3) is 0 Å². The van der Waals surface area contributed by atoms with E-state index in [1.807, 2.05) is 0 Å². The second kappa shape index (κ2) is 4.87. The number of benzene rings is 1. The highest BCUT2D eigenvalue weighted by Gasteiger charge is 2.27. The first-order valence-electron chi connectivity index (χ1n) is 5.89. The average molecular weight is 296 g/mol. The second-order valence-corrected chi connectivity index (χ2v) is 5.26. The van der Waals surface area contributed by atoms with E-state index < -0.39 is 0 Å². The molecule has 1 aromatic carbocycles. The van der Waals surface area contributed by atoms with Crippen LogP contribution in [0, 0.1) is 0 Å². The molecule has 2 aromatic rings. The standard InChI is InChI=1S/C13H11Cl2N3O/c14-9-4-3-8(5-10(9)15)19-12-6-11(16)17-13(18-12)7-1-2-7/h3-7H,1-2H2,(H2,16,17,18). The monoisotopic (exact) mass is 295 g/mol. The topological polar surface area (TPSA) is 61.0 Å². The second-order valence-electron chi connectivity index (χ2n) is 4.44. The number of nitrogens with zero attached hydrogens (tertiary/aromatic N) is 2. The summed E-state index contributed by atoms with van der Waals surface area (Å²) in [5.74, 6) is 2.56. The predicted molar refractivity (Wildman–Crippen MR) is 75.0 cm³/mol. The summed E-state index contributed by atoms with van der Waals surface area (Å²) in [7, 11) is 0. The van der Waals surface area contributed by atoms with E-state index in [4.69, 9.17) is 33.7 Å². The zero-order chi connectivity index (χ0) is 13.4. The Morgan fingerprint density at radius 3 is 2.58 bits per heavy atom. The zero-order valence-electron chi connectivity index (χ0n) is 9.94. The molecule has 1 aliphatic rings. The van der Waals surface area contributed by atoms with Gasteiger partial charge in [-0.3, -0.25) is 0 Å². The van der Waals surface area contributed by atoms with Gasteiger partial charge in [0.1, 0.15) is 17.4 Å². The van der Waals surface area contributed by atoms with Crippen LogP contribution in [0.3, 0.4) is 0 Å². The van der Waals surface area contributed by atoms with Crippen molar-refractivity contribution in [3.05, 3.63) is 40.1 Å². The first kappa shape index (κ1) is 12.5. The molecular weight excluding hydrogens is 285 g/mol. The van der Waals surface area contributed by atoms with Gasteiger partial charge in [0.2, 0.25) is 5.88 Å². The Morgan fingerprint density at radius 1 is 1.11 bits per heavy atom. The summed E-state index contributed by atoms with van der Waals surface area (Å²) < 4.78 is 5.64. The van der Waals surface area contributed by atoms with E-state index in [1.165, 1.54) is 0 Å². The van der Waals surface area contributed by atoms with Gasteiger partial charge in [-0.25, -0.2) is 4.98 Å². The molecule has 6 heteroatoms. The van der Waals surface area contributed by atoms with Gasteiger partial charge < -0.3 is 10.5 Å². The van der Waals surface area contributed by atoms with E-state index in [9.17, 15) is 0 Å². The van der Waals surface area contributed by atoms with Crippen molar-refractivity contribution in [2.24, 2.45) is 0 Å². The highest BCUT2D eigenvalue weighted by atomic mass is 35.5. The van der Waals surface area contributed by atoms with Crippen LogP contribution in [0.1, 0.15) is 24.6 Å². The molecule has 98 valence electrons. The third kappa shape index (κ3) is 2.91. The molecule has 0 aliphatic heterocycles. The summed E-state index contributed by atoms with van der Waals surface area (Å²) in [5.41, 5.74) is 5.75. The maximum absolute atomic E-state index is 5.93. The molecule has 2 N–H and O–H groups in total. The number of nitrogens with two attached hydrogens (primary N) is 1. The first-order chi connectivity index (χ1) is 9.11. The lowest BCUT2D eigenvalue weighted by Crippen LogP contribution is -2.00. The fourth-order valence-corrected chi connectivity index (χ4v) is 1.99. The molecule has 1 aromatic heterocycles. The van der Waals surface area contributed by atoms with Crippen molar-refractivity contribution in [1.82, 2.24) is 9.97 Å². The van der Waals surface area contributed by atoms with Crippen molar-refractivity contribution in [3.8, 4) is 11.6 Å². The number of nitrogen functional groups attached to an aromatic ring is 1. The number of hydrogen-bond acceptors (Lipinski definition) is 4. The van der Waals surface area contributed by atoms with Crippen LogP contribution in [0.15, 0.2) is 24.3 Å². The number of rotatable bonds is 3. The Morgan fingerprint density at radius 2 is 1.89 bits per heavy atom. The van der Waals surface area contributed by atoms with E-state index in [1.54, 1.807) is 24.3 Å². The van der Waals surface area contributed by atoms with Gasteiger partial charge in [-0.15, -0.1) is 0 Å². The van der Waals surface area contributed by atoms with Crippen molar-refractivity contribution in [3.63, 3.8) is 0 Å². The molecule has 1 fully saturated rings. The van der Waals surface area contributed by atoms with Gasteiger partial charge in [0, 0.05) is 18.1 Å². The van der Waals surface area contributed by atoms with E-state index in [0.29, 0.717) is 33.4 Å². The van der Waals surface area contributed by atoms with Crippen LogP contribution in [0.4, 0.5) is 5.82 Å². The fraction of sp³-hybridized carbons (Fsp3) is 0.231. The van der Waals surface area contributed by atoms with Crippen molar-refractivity contribution in [1.29, 1.82) is 0 Å². The van der Waals surface area contributed by atoms with E-state index >= 15 is 0 Å². The molecule has 0 atom stereocenters. The Hall–Kier alpha value is -1.52. The van der Waals surface area contributed by atoms with Gasteiger partial charge in [0.15, 0.2) is 0 Å². The number of aromatic nitrogens is 2. The van der Waals surface area contributed by atoms with Gasteiger partial charge in [-0.05, 0) is 25.0 Å². The molecule has 0 spiro atoms. The van der Waals surface area contributed by atoms with E-state index in [2.05, 4.69) is 9.97 Å². The minimum Gasteiger partial charge on any atom is -0.439 e. The van der Waals surface area contributed by atoms with Gasteiger partial charge in [0.05, 0.1) is 10.0 Å². The Balaban J connectivity index is 1.87. The SMILES string of the molecule is Nc1cc(Oc2ccc(Cl)c(Cl)c2)nc(C2CC2)n1. The van der Waals surface area contributed by atoms with Crippen LogP contribution in [0.5, 0.6) is 11.6 Å². The summed E-state index contributed by atoms with van der Waals surface area (Å²) in [4.78, 5) is 8.56.